The van der Waals surface area contributed by atoms with Gasteiger partial charge in [0.2, 0.25) is 0 Å². The summed E-state index contributed by atoms with van der Waals surface area (Å²) < 4.78 is 36.8. The highest BCUT2D eigenvalue weighted by Crippen LogP contribution is 2.32. The Hall–Kier alpha value is -2.64. The molecule has 29 heavy (non-hydrogen) atoms. The van der Waals surface area contributed by atoms with Crippen LogP contribution in [0.5, 0.6) is 0 Å². The van der Waals surface area contributed by atoms with Crippen molar-refractivity contribution in [2.45, 2.75) is 36.4 Å². The van der Waals surface area contributed by atoms with E-state index in [9.17, 15) is 18.6 Å². The van der Waals surface area contributed by atoms with Crippen LogP contribution in [0.25, 0.3) is 11.2 Å². The topological polar surface area (TPSA) is 163 Å². The predicted octanol–water partition coefficient (Wildman–Crippen LogP) is -0.258. The van der Waals surface area contributed by atoms with Crippen molar-refractivity contribution in [3.63, 3.8) is 0 Å². The van der Waals surface area contributed by atoms with Crippen LogP contribution in [0, 0.1) is 6.92 Å². The van der Waals surface area contributed by atoms with E-state index in [4.69, 9.17) is 14.7 Å². The summed E-state index contributed by atoms with van der Waals surface area (Å²) >= 11 is 0. The second kappa shape index (κ2) is 7.31. The molecule has 11 nitrogen and oxygen atoms in total. The largest absolute Gasteiger partial charge is 0.387 e. The number of ether oxygens (including phenoxy) is 1. The molecule has 1 aromatic carbocycles. The molecule has 1 saturated heterocycles. The van der Waals surface area contributed by atoms with E-state index in [-0.39, 0.29) is 10.7 Å². The number of nitrogens with zero attached hydrogens (tertiary/aromatic N) is 4. The minimum Gasteiger partial charge on any atom is -0.387 e. The molecule has 0 bridgehead atoms. The van der Waals surface area contributed by atoms with Crippen LogP contribution in [0.4, 0.5) is 5.82 Å². The van der Waals surface area contributed by atoms with Gasteiger partial charge in [0.1, 0.15) is 30.2 Å². The first-order valence-electron chi connectivity index (χ1n) is 8.68. The van der Waals surface area contributed by atoms with Crippen LogP contribution in [0.3, 0.4) is 0 Å². The summed E-state index contributed by atoms with van der Waals surface area (Å²) in [6, 6.07) is 6.15. The van der Waals surface area contributed by atoms with Gasteiger partial charge < -0.3 is 20.7 Å². The fraction of sp³-hybridized carbons (Fsp3) is 0.353. The Bertz CT molecular complexity index is 1130. The average molecular weight is 421 g/mol. The molecule has 154 valence electrons. The van der Waals surface area contributed by atoms with E-state index in [0.29, 0.717) is 11.2 Å². The van der Waals surface area contributed by atoms with Gasteiger partial charge in [-0.15, -0.1) is 0 Å². The minimum atomic E-state index is -4.05. The monoisotopic (exact) mass is 421 g/mol. The highest BCUT2D eigenvalue weighted by Gasteiger charge is 2.45. The number of nitrogens with two attached hydrogens (primary N) is 1. The van der Waals surface area contributed by atoms with Crippen molar-refractivity contribution in [3.8, 4) is 0 Å². The minimum absolute atomic E-state index is 0.0135. The summed E-state index contributed by atoms with van der Waals surface area (Å²) in [6.07, 6.45) is -2.30. The van der Waals surface area contributed by atoms with Gasteiger partial charge in [-0.1, -0.05) is 17.7 Å². The molecule has 0 radical (unpaired) electrons. The number of aliphatic hydroxyl groups is 2. The molecule has 12 heteroatoms. The Balaban J connectivity index is 1.51. The Morgan fingerprint density at radius 3 is 2.62 bits per heavy atom. The zero-order chi connectivity index (χ0) is 20.8. The van der Waals surface area contributed by atoms with Gasteiger partial charge in [0.05, 0.1) is 17.8 Å². The van der Waals surface area contributed by atoms with Crippen molar-refractivity contribution in [1.29, 1.82) is 0 Å². The molecule has 4 atom stereocenters. The molecular formula is C17H19N5O6S. The average Bonchev–Trinajstić information content (AvgIpc) is 3.24. The van der Waals surface area contributed by atoms with Gasteiger partial charge in [-0.05, 0) is 19.1 Å². The summed E-state index contributed by atoms with van der Waals surface area (Å²) in [6.45, 7) is 1.36. The lowest BCUT2D eigenvalue weighted by molar-refractivity contribution is -0.0467. The molecule has 0 saturated carbocycles. The lowest BCUT2D eigenvalue weighted by Crippen LogP contribution is -2.34. The second-order valence-corrected chi connectivity index (χ2v) is 8.30. The molecule has 2 unspecified atom stereocenters. The van der Waals surface area contributed by atoms with Crippen molar-refractivity contribution < 1.29 is 27.6 Å². The van der Waals surface area contributed by atoms with Gasteiger partial charge in [0.15, 0.2) is 17.7 Å². The number of anilines is 1. The van der Waals surface area contributed by atoms with Gasteiger partial charge >= 0.3 is 0 Å². The maximum atomic E-state index is 12.3. The van der Waals surface area contributed by atoms with Crippen LogP contribution in [0.15, 0.2) is 41.8 Å². The third-order valence-electron chi connectivity index (χ3n) is 4.70. The van der Waals surface area contributed by atoms with Crippen molar-refractivity contribution in [3.05, 3.63) is 42.5 Å². The first kappa shape index (κ1) is 19.7. The molecule has 1 fully saturated rings. The number of rotatable bonds is 5. The number of imidazole rings is 1. The highest BCUT2D eigenvalue weighted by molar-refractivity contribution is 7.86. The van der Waals surface area contributed by atoms with Crippen LogP contribution >= 0.6 is 0 Å². The van der Waals surface area contributed by atoms with Crippen LogP contribution in [0.2, 0.25) is 0 Å². The number of hydrogen-bond acceptors (Lipinski definition) is 10. The number of hydrogen-bond donors (Lipinski definition) is 3. The fourth-order valence-corrected chi connectivity index (χ4v) is 4.00. The smallest absolute Gasteiger partial charge is 0.297 e. The molecule has 3 heterocycles. The van der Waals surface area contributed by atoms with Crippen LogP contribution in [-0.2, 0) is 19.0 Å². The van der Waals surface area contributed by atoms with E-state index in [1.165, 1.54) is 29.4 Å². The standard InChI is InChI=1S/C17H19N5O6S/c1-9-2-4-10(5-3-9)29(25,26)27-6-11-13(23)14(24)17(28-11)22-8-21-12-15(18)19-7-20-16(12)22/h2-5,7-8,11,13-14,17,23-24H,6H2,1H3,(H2,18,19,20)/t11?,13-,14?,17-/m1/s1. The molecule has 3 aromatic rings. The first-order chi connectivity index (χ1) is 13.8. The maximum Gasteiger partial charge on any atom is 0.297 e. The summed E-state index contributed by atoms with van der Waals surface area (Å²) in [5.41, 5.74) is 7.28. The predicted molar refractivity (Wildman–Crippen MR) is 100.0 cm³/mol. The maximum absolute atomic E-state index is 12.3. The number of aromatic nitrogens is 4. The van der Waals surface area contributed by atoms with E-state index in [1.807, 2.05) is 6.92 Å². The molecule has 0 amide bonds. The third kappa shape index (κ3) is 3.56. The lowest BCUT2D eigenvalue weighted by atomic mass is 10.1. The van der Waals surface area contributed by atoms with Crippen LogP contribution < -0.4 is 5.73 Å². The van der Waals surface area contributed by atoms with E-state index in [2.05, 4.69) is 15.0 Å². The molecule has 0 spiro atoms. The van der Waals surface area contributed by atoms with E-state index in [0.717, 1.165) is 5.56 Å². The fourth-order valence-electron chi connectivity index (χ4n) is 3.08. The Kier molecular flexibility index (Phi) is 4.96. The van der Waals surface area contributed by atoms with Gasteiger partial charge in [-0.25, -0.2) is 15.0 Å². The van der Waals surface area contributed by atoms with E-state index >= 15 is 0 Å². The van der Waals surface area contributed by atoms with Crippen molar-refractivity contribution in [1.82, 2.24) is 19.5 Å². The molecule has 4 rings (SSSR count). The van der Waals surface area contributed by atoms with Crippen LogP contribution in [-0.4, -0.2) is 63.1 Å². The summed E-state index contributed by atoms with van der Waals surface area (Å²) in [5, 5.41) is 20.7. The zero-order valence-corrected chi connectivity index (χ0v) is 16.1. The third-order valence-corrected chi connectivity index (χ3v) is 5.99. The van der Waals surface area contributed by atoms with E-state index < -0.39 is 41.3 Å². The molecule has 1 aliphatic heterocycles. The van der Waals surface area contributed by atoms with Gasteiger partial charge in [0, 0.05) is 0 Å². The summed E-state index contributed by atoms with van der Waals surface area (Å²) in [4.78, 5) is 12.0. The number of benzene rings is 1. The number of nitrogen functional groups attached to an aromatic ring is 1. The summed E-state index contributed by atoms with van der Waals surface area (Å²) in [5.74, 6) is 0.158. The Morgan fingerprint density at radius 1 is 1.17 bits per heavy atom. The van der Waals surface area contributed by atoms with Crippen molar-refractivity contribution in [2.75, 3.05) is 12.3 Å². The quantitative estimate of drug-likeness (QED) is 0.468. The second-order valence-electron chi connectivity index (χ2n) is 6.68. The Morgan fingerprint density at radius 2 is 1.90 bits per heavy atom. The molecule has 4 N–H and O–H groups in total. The molecule has 2 aromatic heterocycles. The normalized spacial score (nSPS) is 24.9. The van der Waals surface area contributed by atoms with Gasteiger partial charge in [-0.2, -0.15) is 8.42 Å². The molecule has 1 aliphatic rings. The van der Waals surface area contributed by atoms with Crippen LogP contribution in [0.1, 0.15) is 11.8 Å². The van der Waals surface area contributed by atoms with Gasteiger partial charge in [0.25, 0.3) is 10.1 Å². The zero-order valence-electron chi connectivity index (χ0n) is 15.3. The first-order valence-corrected chi connectivity index (χ1v) is 10.1. The van der Waals surface area contributed by atoms with E-state index in [1.54, 1.807) is 12.1 Å². The number of fused-ring (bicyclic) bond motifs is 1. The lowest BCUT2D eigenvalue weighted by Gasteiger charge is -2.16. The Labute approximate surface area is 165 Å². The van der Waals surface area contributed by atoms with Crippen molar-refractivity contribution >= 4 is 27.1 Å². The number of aliphatic hydroxyl groups excluding tert-OH is 2. The highest BCUT2D eigenvalue weighted by atomic mass is 32.2. The molecule has 0 aliphatic carbocycles. The summed E-state index contributed by atoms with van der Waals surface area (Å²) in [7, 11) is -4.05. The van der Waals surface area contributed by atoms with Gasteiger partial charge in [-0.3, -0.25) is 8.75 Å². The SMILES string of the molecule is Cc1ccc(S(=O)(=O)OCC2O[C@@H](n3cnc4c(N)ncnc43)C(O)[C@@H]2O)cc1. The number of aryl methyl sites for hydroxylation is 1. The molecular weight excluding hydrogens is 402 g/mol. The van der Waals surface area contributed by atoms with Crippen molar-refractivity contribution in [2.24, 2.45) is 0 Å².